The molecule has 13 heavy (non-hydrogen) atoms. The lowest BCUT2D eigenvalue weighted by Crippen LogP contribution is -2.38. The third-order valence-corrected chi connectivity index (χ3v) is 3.02. The number of ether oxygens (including phenoxy) is 2. The van der Waals surface area contributed by atoms with E-state index in [0.717, 1.165) is 12.8 Å². The van der Waals surface area contributed by atoms with Crippen LogP contribution in [0.4, 0.5) is 0 Å². The fourth-order valence-electron chi connectivity index (χ4n) is 2.21. The fourth-order valence-corrected chi connectivity index (χ4v) is 2.21. The minimum absolute atomic E-state index is 0.0503. The molecule has 0 bridgehead atoms. The number of hydrogen-bond donors (Lipinski definition) is 1. The summed E-state index contributed by atoms with van der Waals surface area (Å²) in [7, 11) is 0. The van der Waals surface area contributed by atoms with E-state index in [1.54, 1.807) is 0 Å². The van der Waals surface area contributed by atoms with Gasteiger partial charge in [-0.1, -0.05) is 6.42 Å². The van der Waals surface area contributed by atoms with Crippen LogP contribution in [0.25, 0.3) is 0 Å². The molecule has 1 spiro atoms. The van der Waals surface area contributed by atoms with Gasteiger partial charge in [-0.2, -0.15) is 0 Å². The van der Waals surface area contributed by atoms with Crippen LogP contribution in [0.15, 0.2) is 0 Å². The van der Waals surface area contributed by atoms with E-state index in [4.69, 9.17) is 14.6 Å². The highest BCUT2D eigenvalue weighted by atomic mass is 16.8. The number of aliphatic hydroxyl groups is 1. The predicted molar refractivity (Wildman–Crippen MR) is 48.3 cm³/mol. The van der Waals surface area contributed by atoms with Crippen molar-refractivity contribution in [2.24, 2.45) is 0 Å². The van der Waals surface area contributed by atoms with Crippen LogP contribution in [0, 0.1) is 0 Å². The van der Waals surface area contributed by atoms with Crippen molar-refractivity contribution in [2.75, 3.05) is 13.2 Å². The first-order chi connectivity index (χ1) is 6.18. The molecule has 2 rings (SSSR count). The van der Waals surface area contributed by atoms with Gasteiger partial charge < -0.3 is 14.6 Å². The van der Waals surface area contributed by atoms with E-state index < -0.39 is 5.60 Å². The lowest BCUT2D eigenvalue weighted by Gasteiger charge is -2.33. The van der Waals surface area contributed by atoms with E-state index in [1.165, 1.54) is 19.3 Å². The van der Waals surface area contributed by atoms with Crippen molar-refractivity contribution in [3.05, 3.63) is 0 Å². The van der Waals surface area contributed by atoms with Gasteiger partial charge in [0.15, 0.2) is 5.79 Å². The maximum Gasteiger partial charge on any atom is 0.169 e. The number of hydrogen-bond acceptors (Lipinski definition) is 3. The fraction of sp³-hybridized carbons (Fsp3) is 1.00. The van der Waals surface area contributed by atoms with Crippen LogP contribution in [0.5, 0.6) is 0 Å². The average molecular weight is 186 g/mol. The number of rotatable bonds is 1. The first kappa shape index (κ1) is 9.44. The van der Waals surface area contributed by atoms with E-state index >= 15 is 0 Å². The quantitative estimate of drug-likeness (QED) is 0.673. The van der Waals surface area contributed by atoms with Crippen LogP contribution >= 0.6 is 0 Å². The Morgan fingerprint density at radius 1 is 1.23 bits per heavy atom. The Balaban J connectivity index is 2.02. The van der Waals surface area contributed by atoms with Gasteiger partial charge >= 0.3 is 0 Å². The van der Waals surface area contributed by atoms with E-state index in [1.807, 2.05) is 6.92 Å². The maximum atomic E-state index is 9.13. The van der Waals surface area contributed by atoms with E-state index in [-0.39, 0.29) is 12.4 Å². The first-order valence-electron chi connectivity index (χ1n) is 5.13. The lowest BCUT2D eigenvalue weighted by molar-refractivity contribution is -0.206. The Labute approximate surface area is 79.0 Å². The summed E-state index contributed by atoms with van der Waals surface area (Å²) in [6, 6.07) is 0. The minimum atomic E-state index is -0.461. The van der Waals surface area contributed by atoms with Gasteiger partial charge in [-0.05, 0) is 19.8 Å². The molecular formula is C10H18O3. The molecule has 0 radical (unpaired) electrons. The summed E-state index contributed by atoms with van der Waals surface area (Å²) >= 11 is 0. The normalized spacial score (nSPS) is 38.3. The molecule has 2 fully saturated rings. The number of aliphatic hydroxyl groups excluding tert-OH is 1. The highest BCUT2D eigenvalue weighted by molar-refractivity contribution is 4.88. The van der Waals surface area contributed by atoms with E-state index in [2.05, 4.69) is 0 Å². The summed E-state index contributed by atoms with van der Waals surface area (Å²) in [6.07, 6.45) is 5.62. The predicted octanol–water partition coefficient (Wildman–Crippen LogP) is 1.44. The molecule has 3 heteroatoms. The summed E-state index contributed by atoms with van der Waals surface area (Å²) in [5, 5.41) is 9.13. The van der Waals surface area contributed by atoms with Gasteiger partial charge in [0.25, 0.3) is 0 Å². The van der Waals surface area contributed by atoms with Crippen molar-refractivity contribution in [3.8, 4) is 0 Å². The van der Waals surface area contributed by atoms with E-state index in [0.29, 0.717) is 6.61 Å². The van der Waals surface area contributed by atoms with Crippen LogP contribution in [0.2, 0.25) is 0 Å². The van der Waals surface area contributed by atoms with Gasteiger partial charge in [-0.25, -0.2) is 0 Å². The van der Waals surface area contributed by atoms with Gasteiger partial charge in [-0.15, -0.1) is 0 Å². The molecule has 0 aromatic heterocycles. The molecule has 2 aliphatic rings. The minimum Gasteiger partial charge on any atom is -0.393 e. The van der Waals surface area contributed by atoms with Crippen LogP contribution in [-0.2, 0) is 9.47 Å². The first-order valence-corrected chi connectivity index (χ1v) is 5.13. The molecule has 76 valence electrons. The SMILES string of the molecule is CC1(CO)COC2(CCCCC2)O1. The highest BCUT2D eigenvalue weighted by Gasteiger charge is 2.47. The summed E-state index contributed by atoms with van der Waals surface area (Å²) in [4.78, 5) is 0. The van der Waals surface area contributed by atoms with Crippen LogP contribution in [0.1, 0.15) is 39.0 Å². The second-order valence-electron chi connectivity index (χ2n) is 4.47. The largest absolute Gasteiger partial charge is 0.393 e. The Kier molecular flexibility index (Phi) is 2.34. The molecule has 1 N–H and O–H groups in total. The molecule has 1 saturated carbocycles. The van der Waals surface area contributed by atoms with Gasteiger partial charge in [0.2, 0.25) is 0 Å². The summed E-state index contributed by atoms with van der Waals surface area (Å²) in [6.45, 7) is 2.49. The Hall–Kier alpha value is -0.120. The molecular weight excluding hydrogens is 168 g/mol. The van der Waals surface area contributed by atoms with Crippen LogP contribution in [0.3, 0.4) is 0 Å². The zero-order valence-electron chi connectivity index (χ0n) is 8.21. The molecule has 0 aromatic carbocycles. The van der Waals surface area contributed by atoms with Gasteiger partial charge in [0.05, 0.1) is 13.2 Å². The average Bonchev–Trinajstić information content (AvgIpc) is 2.47. The topological polar surface area (TPSA) is 38.7 Å². The smallest absolute Gasteiger partial charge is 0.169 e. The van der Waals surface area contributed by atoms with Gasteiger partial charge in [0, 0.05) is 12.8 Å². The van der Waals surface area contributed by atoms with Crippen LogP contribution in [-0.4, -0.2) is 29.7 Å². The second-order valence-corrected chi connectivity index (χ2v) is 4.47. The van der Waals surface area contributed by atoms with Crippen molar-refractivity contribution < 1.29 is 14.6 Å². The van der Waals surface area contributed by atoms with Crippen molar-refractivity contribution in [3.63, 3.8) is 0 Å². The monoisotopic (exact) mass is 186 g/mol. The zero-order chi connectivity index (χ0) is 9.36. The molecule has 1 aliphatic heterocycles. The molecule has 0 amide bonds. The Morgan fingerprint density at radius 3 is 2.46 bits per heavy atom. The molecule has 3 nitrogen and oxygen atoms in total. The maximum absolute atomic E-state index is 9.13. The molecule has 1 aliphatic carbocycles. The molecule has 1 atom stereocenters. The molecule has 1 saturated heterocycles. The Bertz CT molecular complexity index is 187. The van der Waals surface area contributed by atoms with Crippen molar-refractivity contribution in [1.82, 2.24) is 0 Å². The zero-order valence-corrected chi connectivity index (χ0v) is 8.21. The lowest BCUT2D eigenvalue weighted by atomic mass is 9.94. The summed E-state index contributed by atoms with van der Waals surface area (Å²) in [5.41, 5.74) is -0.461. The molecule has 0 aromatic rings. The van der Waals surface area contributed by atoms with Crippen molar-refractivity contribution >= 4 is 0 Å². The third-order valence-electron chi connectivity index (χ3n) is 3.02. The van der Waals surface area contributed by atoms with Crippen LogP contribution < -0.4 is 0 Å². The standard InChI is InChI=1S/C10H18O3/c1-9(7-11)8-12-10(13-9)5-3-2-4-6-10/h11H,2-8H2,1H3. The summed E-state index contributed by atoms with van der Waals surface area (Å²) < 4.78 is 11.6. The molecule has 1 unspecified atom stereocenters. The highest BCUT2D eigenvalue weighted by Crippen LogP contribution is 2.41. The van der Waals surface area contributed by atoms with Gasteiger partial charge in [0.1, 0.15) is 5.60 Å². The van der Waals surface area contributed by atoms with Crippen molar-refractivity contribution in [1.29, 1.82) is 0 Å². The van der Waals surface area contributed by atoms with Crippen molar-refractivity contribution in [2.45, 2.75) is 50.4 Å². The van der Waals surface area contributed by atoms with Gasteiger partial charge in [-0.3, -0.25) is 0 Å². The molecule has 1 heterocycles. The summed E-state index contributed by atoms with van der Waals surface area (Å²) in [5.74, 6) is -0.351. The third kappa shape index (κ3) is 1.73. The Morgan fingerprint density at radius 2 is 1.92 bits per heavy atom. The second kappa shape index (κ2) is 3.23. The van der Waals surface area contributed by atoms with E-state index in [9.17, 15) is 0 Å².